The molecule has 0 saturated carbocycles. The molecule has 0 aliphatic carbocycles. The largest absolute Gasteiger partial charge is 0.460 e. The van der Waals surface area contributed by atoms with Crippen LogP contribution in [-0.2, 0) is 28.7 Å². The van der Waals surface area contributed by atoms with Gasteiger partial charge in [0.15, 0.2) is 6.10 Å². The van der Waals surface area contributed by atoms with Gasteiger partial charge in [0.25, 0.3) is 0 Å². The Morgan fingerprint density at radius 3 is 2.48 bits per heavy atom. The Hall–Kier alpha value is -1.96. The van der Waals surface area contributed by atoms with Gasteiger partial charge in [-0.1, -0.05) is 5.16 Å². The fourth-order valence-corrected chi connectivity index (χ4v) is 3.95. The standard InChI is InChI=1S/C15H18N2O6/c1-7-4-8(23-16-7)6-21-11(18)5-17-14(19)12-9-2-3-10(22-9)13(12)15(17)20/h8-10,12-13H,2-6H2,1H3. The predicted molar refractivity (Wildman–Crippen MR) is 75.2 cm³/mol. The molecule has 8 heteroatoms. The fraction of sp³-hybridized carbons (Fsp3) is 0.733. The summed E-state index contributed by atoms with van der Waals surface area (Å²) in [5, 5.41) is 3.78. The third-order valence-electron chi connectivity index (χ3n) is 4.97. The number of rotatable bonds is 4. The summed E-state index contributed by atoms with van der Waals surface area (Å²) in [4.78, 5) is 42.8. The average Bonchev–Trinajstić information content (AvgIpc) is 3.27. The highest BCUT2D eigenvalue weighted by atomic mass is 16.7. The van der Waals surface area contributed by atoms with Crippen molar-refractivity contribution in [2.45, 2.75) is 44.5 Å². The molecule has 0 aromatic carbocycles. The summed E-state index contributed by atoms with van der Waals surface area (Å²) in [7, 11) is 0. The lowest BCUT2D eigenvalue weighted by Crippen LogP contribution is -2.39. The quantitative estimate of drug-likeness (QED) is 0.528. The number of carbonyl (C=O) groups is 3. The molecule has 0 aromatic rings. The van der Waals surface area contributed by atoms with Crippen LogP contribution in [0.3, 0.4) is 0 Å². The van der Waals surface area contributed by atoms with E-state index in [4.69, 9.17) is 14.3 Å². The minimum Gasteiger partial charge on any atom is -0.460 e. The lowest BCUT2D eigenvalue weighted by atomic mass is 9.81. The minimum atomic E-state index is -0.604. The zero-order valence-corrected chi connectivity index (χ0v) is 12.8. The van der Waals surface area contributed by atoms with Crippen LogP contribution in [0, 0.1) is 11.8 Å². The molecule has 5 atom stereocenters. The summed E-state index contributed by atoms with van der Waals surface area (Å²) in [6.07, 6.45) is 1.60. The first-order chi connectivity index (χ1) is 11.0. The van der Waals surface area contributed by atoms with Crippen molar-refractivity contribution in [2.75, 3.05) is 13.2 Å². The zero-order chi connectivity index (χ0) is 16.1. The molecule has 4 aliphatic heterocycles. The molecule has 0 aromatic heterocycles. The van der Waals surface area contributed by atoms with Gasteiger partial charge >= 0.3 is 5.97 Å². The van der Waals surface area contributed by atoms with Crippen LogP contribution in [0.5, 0.6) is 0 Å². The van der Waals surface area contributed by atoms with Crippen LogP contribution in [0.15, 0.2) is 5.16 Å². The Balaban J connectivity index is 1.33. The molecule has 2 bridgehead atoms. The molecule has 4 heterocycles. The Morgan fingerprint density at radius 2 is 1.91 bits per heavy atom. The summed E-state index contributed by atoms with van der Waals surface area (Å²) in [6, 6.07) is 0. The maximum Gasteiger partial charge on any atom is 0.326 e. The molecule has 8 nitrogen and oxygen atoms in total. The van der Waals surface area contributed by atoms with E-state index in [2.05, 4.69) is 5.16 Å². The smallest absolute Gasteiger partial charge is 0.326 e. The van der Waals surface area contributed by atoms with Crippen LogP contribution >= 0.6 is 0 Å². The summed E-state index contributed by atoms with van der Waals surface area (Å²) in [5.41, 5.74) is 0.847. The van der Waals surface area contributed by atoms with Gasteiger partial charge < -0.3 is 14.3 Å². The number of likely N-dealkylation sites (tertiary alicyclic amines) is 1. The fourth-order valence-electron chi connectivity index (χ4n) is 3.95. The zero-order valence-electron chi connectivity index (χ0n) is 12.8. The van der Waals surface area contributed by atoms with Gasteiger partial charge in [0, 0.05) is 6.42 Å². The van der Waals surface area contributed by atoms with E-state index in [-0.39, 0.29) is 43.3 Å². The molecular weight excluding hydrogens is 304 g/mol. The lowest BCUT2D eigenvalue weighted by Gasteiger charge is -2.17. The molecule has 3 saturated heterocycles. The molecule has 124 valence electrons. The highest BCUT2D eigenvalue weighted by Gasteiger charge is 2.62. The molecule has 2 amide bonds. The molecule has 0 radical (unpaired) electrons. The Labute approximate surface area is 132 Å². The molecule has 3 fully saturated rings. The van der Waals surface area contributed by atoms with Crippen molar-refractivity contribution < 1.29 is 28.7 Å². The van der Waals surface area contributed by atoms with Gasteiger partial charge in [-0.3, -0.25) is 19.3 Å². The summed E-state index contributed by atoms with van der Waals surface area (Å²) in [5.74, 6) is -2.04. The van der Waals surface area contributed by atoms with Crippen molar-refractivity contribution in [1.82, 2.24) is 4.90 Å². The van der Waals surface area contributed by atoms with E-state index in [1.54, 1.807) is 0 Å². The topological polar surface area (TPSA) is 94.5 Å². The number of ether oxygens (including phenoxy) is 2. The normalized spacial score (nSPS) is 37.9. The molecular formula is C15H18N2O6. The predicted octanol–water partition coefficient (Wildman–Crippen LogP) is -0.143. The second-order valence-corrected chi connectivity index (χ2v) is 6.55. The number of carbonyl (C=O) groups excluding carboxylic acids is 3. The van der Waals surface area contributed by atoms with Crippen molar-refractivity contribution in [3.05, 3.63) is 0 Å². The van der Waals surface area contributed by atoms with E-state index in [0.717, 1.165) is 23.5 Å². The van der Waals surface area contributed by atoms with Crippen LogP contribution in [0.4, 0.5) is 0 Å². The third-order valence-corrected chi connectivity index (χ3v) is 4.97. The maximum absolute atomic E-state index is 12.4. The minimum absolute atomic E-state index is 0.0666. The third kappa shape index (κ3) is 2.32. The van der Waals surface area contributed by atoms with Crippen LogP contribution < -0.4 is 0 Å². The number of nitrogens with zero attached hydrogens (tertiary/aromatic N) is 2. The van der Waals surface area contributed by atoms with Crippen LogP contribution in [0.1, 0.15) is 26.2 Å². The number of fused-ring (bicyclic) bond motifs is 5. The van der Waals surface area contributed by atoms with Crippen LogP contribution in [-0.4, -0.2) is 59.9 Å². The van der Waals surface area contributed by atoms with Gasteiger partial charge in [0.1, 0.15) is 13.2 Å². The van der Waals surface area contributed by atoms with Crippen LogP contribution in [0.25, 0.3) is 0 Å². The SMILES string of the molecule is CC1=NOC(COC(=O)CN2C(=O)C3C4CCC(O4)C3C2=O)C1. The van der Waals surface area contributed by atoms with Gasteiger partial charge in [-0.25, -0.2) is 0 Å². The van der Waals surface area contributed by atoms with Crippen molar-refractivity contribution in [2.24, 2.45) is 17.0 Å². The average molecular weight is 322 g/mol. The van der Waals surface area contributed by atoms with Crippen molar-refractivity contribution >= 4 is 23.5 Å². The summed E-state index contributed by atoms with van der Waals surface area (Å²) < 4.78 is 10.8. The number of hydrogen-bond acceptors (Lipinski definition) is 7. The number of oxime groups is 1. The second kappa shape index (κ2) is 5.30. The van der Waals surface area contributed by atoms with Crippen molar-refractivity contribution in [3.63, 3.8) is 0 Å². The maximum atomic E-state index is 12.4. The molecule has 4 rings (SSSR count). The van der Waals surface area contributed by atoms with Gasteiger partial charge in [0.2, 0.25) is 11.8 Å². The van der Waals surface area contributed by atoms with Gasteiger partial charge in [-0.2, -0.15) is 0 Å². The number of amides is 2. The lowest BCUT2D eigenvalue weighted by molar-refractivity contribution is -0.156. The van der Waals surface area contributed by atoms with E-state index < -0.39 is 17.8 Å². The molecule has 5 unspecified atom stereocenters. The van der Waals surface area contributed by atoms with Crippen LogP contribution in [0.2, 0.25) is 0 Å². The Bertz CT molecular complexity index is 575. The van der Waals surface area contributed by atoms with E-state index in [0.29, 0.717) is 6.42 Å². The van der Waals surface area contributed by atoms with E-state index in [1.165, 1.54) is 0 Å². The molecule has 23 heavy (non-hydrogen) atoms. The van der Waals surface area contributed by atoms with E-state index in [1.807, 2.05) is 6.92 Å². The van der Waals surface area contributed by atoms with Gasteiger partial charge in [-0.15, -0.1) is 0 Å². The first kappa shape index (κ1) is 14.6. The van der Waals surface area contributed by atoms with Crippen molar-refractivity contribution in [3.8, 4) is 0 Å². The second-order valence-electron chi connectivity index (χ2n) is 6.55. The summed E-state index contributed by atoms with van der Waals surface area (Å²) >= 11 is 0. The highest BCUT2D eigenvalue weighted by Crippen LogP contribution is 2.48. The highest BCUT2D eigenvalue weighted by molar-refractivity contribution is 6.08. The number of hydrogen-bond donors (Lipinski definition) is 0. The van der Waals surface area contributed by atoms with Crippen molar-refractivity contribution in [1.29, 1.82) is 0 Å². The summed E-state index contributed by atoms with van der Waals surface area (Å²) in [6.45, 7) is 1.56. The monoisotopic (exact) mass is 322 g/mol. The Kier molecular flexibility index (Phi) is 3.37. The first-order valence-corrected chi connectivity index (χ1v) is 7.90. The van der Waals surface area contributed by atoms with E-state index >= 15 is 0 Å². The molecule has 4 aliphatic rings. The Morgan fingerprint density at radius 1 is 1.26 bits per heavy atom. The number of esters is 1. The van der Waals surface area contributed by atoms with E-state index in [9.17, 15) is 14.4 Å². The van der Waals surface area contributed by atoms with Gasteiger partial charge in [0.05, 0.1) is 29.8 Å². The van der Waals surface area contributed by atoms with Gasteiger partial charge in [-0.05, 0) is 19.8 Å². The molecule has 0 spiro atoms. The molecule has 0 N–H and O–H groups in total. The number of imide groups is 1. The first-order valence-electron chi connectivity index (χ1n) is 7.90.